The first-order valence-corrected chi connectivity index (χ1v) is 14.6. The number of hydrogen-bond acceptors (Lipinski definition) is 6. The van der Waals surface area contributed by atoms with E-state index in [9.17, 15) is 24.3 Å². The zero-order valence-electron chi connectivity index (χ0n) is 20.8. The summed E-state index contributed by atoms with van der Waals surface area (Å²) in [7, 11) is 1.45. The topological polar surface area (TPSA) is 101 Å². The summed E-state index contributed by atoms with van der Waals surface area (Å²) in [5, 5.41) is 11.2. The van der Waals surface area contributed by atoms with Crippen molar-refractivity contribution >= 4 is 55.2 Å². The van der Waals surface area contributed by atoms with Gasteiger partial charge in [0.05, 0.1) is 23.4 Å². The second-order valence-electron chi connectivity index (χ2n) is 10.8. The van der Waals surface area contributed by atoms with E-state index in [0.717, 1.165) is 37.7 Å². The van der Waals surface area contributed by atoms with Crippen molar-refractivity contribution in [3.8, 4) is 11.5 Å². The number of allylic oxidation sites excluding steroid dienone is 6. The van der Waals surface area contributed by atoms with Gasteiger partial charge in [-0.1, -0.05) is 46.8 Å². The number of nitrogens with zero attached hydrogens (tertiary/aromatic N) is 1. The van der Waals surface area contributed by atoms with E-state index in [0.29, 0.717) is 27.6 Å². The van der Waals surface area contributed by atoms with Gasteiger partial charge in [-0.05, 0) is 59.7 Å². The highest BCUT2D eigenvalue weighted by Crippen LogP contribution is 2.57. The molecule has 7 nitrogen and oxygen atoms in total. The lowest BCUT2D eigenvalue weighted by Crippen LogP contribution is -2.43. The maximum atomic E-state index is 14.0. The summed E-state index contributed by atoms with van der Waals surface area (Å²) in [6.07, 6.45) is 8.62. The molecule has 0 aromatic heterocycles. The first-order chi connectivity index (χ1) is 18.2. The van der Waals surface area contributed by atoms with Crippen LogP contribution in [0.4, 0.5) is 0 Å². The molecular weight excluding hydrogens is 618 g/mol. The van der Waals surface area contributed by atoms with Gasteiger partial charge < -0.3 is 9.84 Å². The molecule has 1 aromatic carbocycles. The monoisotopic (exact) mass is 643 g/mol. The summed E-state index contributed by atoms with van der Waals surface area (Å²) < 4.78 is 6.20. The molecule has 38 heavy (non-hydrogen) atoms. The van der Waals surface area contributed by atoms with Crippen molar-refractivity contribution in [3.63, 3.8) is 0 Å². The smallest absolute Gasteiger partial charge is 0.233 e. The first kappa shape index (κ1) is 25.7. The zero-order chi connectivity index (χ0) is 26.9. The van der Waals surface area contributed by atoms with Crippen molar-refractivity contribution in [1.29, 1.82) is 0 Å². The van der Waals surface area contributed by atoms with Crippen LogP contribution in [0.25, 0.3) is 0 Å². The number of hydrogen-bond donors (Lipinski definition) is 1. The van der Waals surface area contributed by atoms with Crippen molar-refractivity contribution < 1.29 is 29.0 Å². The van der Waals surface area contributed by atoms with Crippen molar-refractivity contribution in [2.45, 2.75) is 56.9 Å². The molecule has 2 amide bonds. The lowest BCUT2D eigenvalue weighted by Gasteiger charge is -2.42. The number of methoxy groups -OCH3 is 1. The van der Waals surface area contributed by atoms with Gasteiger partial charge in [0, 0.05) is 39.2 Å². The number of phenols is 1. The number of phenolic OH excluding ortho intramolecular Hbond substituents is 1. The Morgan fingerprint density at radius 3 is 2.45 bits per heavy atom. The van der Waals surface area contributed by atoms with Crippen molar-refractivity contribution in [2.75, 3.05) is 7.11 Å². The largest absolute Gasteiger partial charge is 0.504 e. The average Bonchev–Trinajstić information content (AvgIpc) is 3.17. The fourth-order valence-electron chi connectivity index (χ4n) is 7.26. The molecule has 0 radical (unpaired) electrons. The van der Waals surface area contributed by atoms with Crippen molar-refractivity contribution in [1.82, 2.24) is 4.90 Å². The Kier molecular flexibility index (Phi) is 6.50. The maximum Gasteiger partial charge on any atom is 0.233 e. The van der Waals surface area contributed by atoms with Crippen LogP contribution in [-0.2, 0) is 19.2 Å². The number of rotatable bonds is 3. The summed E-state index contributed by atoms with van der Waals surface area (Å²) in [4.78, 5) is 55.8. The number of benzene rings is 1. The average molecular weight is 645 g/mol. The van der Waals surface area contributed by atoms with Gasteiger partial charge in [-0.25, -0.2) is 0 Å². The van der Waals surface area contributed by atoms with Gasteiger partial charge in [0.25, 0.3) is 0 Å². The molecule has 5 aliphatic rings. The van der Waals surface area contributed by atoms with E-state index in [4.69, 9.17) is 4.74 Å². The van der Waals surface area contributed by atoms with E-state index < -0.39 is 23.7 Å². The predicted octanol–water partition coefficient (Wildman–Crippen LogP) is 5.26. The Morgan fingerprint density at radius 2 is 1.74 bits per heavy atom. The molecule has 9 heteroatoms. The number of imide groups is 1. The van der Waals surface area contributed by atoms with Gasteiger partial charge in [-0.3, -0.25) is 24.1 Å². The molecule has 0 spiro atoms. The highest BCUT2D eigenvalue weighted by atomic mass is 79.9. The normalized spacial score (nSPS) is 29.6. The van der Waals surface area contributed by atoms with E-state index in [1.54, 1.807) is 12.1 Å². The molecule has 1 N–H and O–H groups in total. The van der Waals surface area contributed by atoms with Crippen LogP contribution in [-0.4, -0.2) is 46.5 Å². The third-order valence-corrected chi connectivity index (χ3v) is 9.95. The summed E-state index contributed by atoms with van der Waals surface area (Å²) in [5.41, 5.74) is 1.88. The quantitative estimate of drug-likeness (QED) is 0.274. The standard InChI is InChI=1S/C29H27Br2NO6/c1-38-22-10-13(30)9-18(27(22)35)23-15-7-8-16-24(29(37)32(28(16)36)14-5-3-2-4-6-14)17(15)11-19-25(23)21(33)12-20(31)26(19)34/h7,9-10,12,14,16-17,23-24,35H,2-6,8,11H2,1H3/t16-,17+,23+,24-/m0/s1. The summed E-state index contributed by atoms with van der Waals surface area (Å²) in [6, 6.07) is 3.29. The zero-order valence-corrected chi connectivity index (χ0v) is 24.0. The fraction of sp³-hybridized carbons (Fsp3) is 0.448. The minimum atomic E-state index is -0.740. The minimum absolute atomic E-state index is 0.0692. The predicted molar refractivity (Wildman–Crippen MR) is 146 cm³/mol. The fourth-order valence-corrected chi connectivity index (χ4v) is 8.16. The molecule has 1 heterocycles. The van der Waals surface area contributed by atoms with Gasteiger partial charge in [-0.15, -0.1) is 0 Å². The number of carbonyl (C=O) groups excluding carboxylic acids is 4. The van der Waals surface area contributed by atoms with Crippen LogP contribution in [0.1, 0.15) is 56.4 Å². The molecule has 0 bridgehead atoms. The second-order valence-corrected chi connectivity index (χ2v) is 12.5. The summed E-state index contributed by atoms with van der Waals surface area (Å²) >= 11 is 6.72. The molecule has 1 saturated heterocycles. The molecule has 2 fully saturated rings. The second kappa shape index (κ2) is 9.59. The van der Waals surface area contributed by atoms with E-state index in [1.165, 1.54) is 18.1 Å². The third kappa shape index (κ3) is 3.79. The molecule has 4 atom stereocenters. The van der Waals surface area contributed by atoms with Crippen LogP contribution in [0.5, 0.6) is 11.5 Å². The maximum absolute atomic E-state index is 14.0. The number of ether oxygens (including phenoxy) is 1. The minimum Gasteiger partial charge on any atom is -0.504 e. The number of ketones is 2. The number of Topliss-reactive ketones (excluding diaryl/α,β-unsaturated/α-hetero) is 1. The van der Waals surface area contributed by atoms with Crippen LogP contribution >= 0.6 is 31.9 Å². The van der Waals surface area contributed by atoms with Crippen LogP contribution in [0.3, 0.4) is 0 Å². The molecule has 6 rings (SSSR count). The van der Waals surface area contributed by atoms with Crippen LogP contribution < -0.4 is 4.74 Å². The highest BCUT2D eigenvalue weighted by molar-refractivity contribution is 9.12. The number of likely N-dealkylation sites (tertiary alicyclic amines) is 1. The highest BCUT2D eigenvalue weighted by Gasteiger charge is 2.57. The number of aromatic hydroxyl groups is 1. The molecule has 1 saturated carbocycles. The van der Waals surface area contributed by atoms with Crippen molar-refractivity contribution in [3.05, 3.63) is 55.5 Å². The number of carbonyl (C=O) groups is 4. The molecule has 4 aliphatic carbocycles. The van der Waals surface area contributed by atoms with Gasteiger partial charge in [-0.2, -0.15) is 0 Å². The Hall–Kier alpha value is -2.52. The Labute approximate surface area is 237 Å². The van der Waals surface area contributed by atoms with E-state index >= 15 is 0 Å². The molecule has 198 valence electrons. The SMILES string of the molecule is COc1cc(Br)cc([C@H]2C3=CC[C@@H]4C(=O)N(C5CCCCC5)C(=O)[C@@H]4[C@@H]3CC3=C2C(=O)C=C(Br)C3=O)c1O. The van der Waals surface area contributed by atoms with Gasteiger partial charge in [0.15, 0.2) is 23.1 Å². The lowest BCUT2D eigenvalue weighted by molar-refractivity contribution is -0.143. The van der Waals surface area contributed by atoms with Crippen LogP contribution in [0.2, 0.25) is 0 Å². The molecule has 0 unspecified atom stereocenters. The van der Waals surface area contributed by atoms with Gasteiger partial charge in [0.2, 0.25) is 11.8 Å². The van der Waals surface area contributed by atoms with Crippen LogP contribution in [0.15, 0.2) is 50.0 Å². The van der Waals surface area contributed by atoms with Crippen molar-refractivity contribution in [2.24, 2.45) is 17.8 Å². The molecule has 1 aliphatic heterocycles. The van der Waals surface area contributed by atoms with Gasteiger partial charge >= 0.3 is 0 Å². The Morgan fingerprint density at radius 1 is 1.00 bits per heavy atom. The van der Waals surface area contributed by atoms with E-state index in [2.05, 4.69) is 31.9 Å². The summed E-state index contributed by atoms with van der Waals surface area (Å²) in [6.45, 7) is 0. The van der Waals surface area contributed by atoms with E-state index in [-0.39, 0.29) is 51.8 Å². The Balaban J connectivity index is 1.50. The van der Waals surface area contributed by atoms with Gasteiger partial charge in [0.1, 0.15) is 0 Å². The number of fused-ring (bicyclic) bond motifs is 3. The first-order valence-electron chi connectivity index (χ1n) is 13.1. The number of halogens is 2. The molecule has 1 aromatic rings. The summed E-state index contributed by atoms with van der Waals surface area (Å²) in [5.74, 6) is -3.01. The Bertz CT molecular complexity index is 1390. The third-order valence-electron chi connectivity index (χ3n) is 8.91. The van der Waals surface area contributed by atoms with Crippen LogP contribution in [0, 0.1) is 17.8 Å². The molecular formula is C29H27Br2NO6. The van der Waals surface area contributed by atoms with E-state index in [1.807, 2.05) is 6.08 Å². The number of amides is 2. The lowest BCUT2D eigenvalue weighted by atomic mass is 9.59.